The molecule has 1 aliphatic rings. The van der Waals surface area contributed by atoms with Crippen LogP contribution in [0.25, 0.3) is 0 Å². The minimum absolute atomic E-state index is 0.0706. The van der Waals surface area contributed by atoms with Gasteiger partial charge in [0.25, 0.3) is 0 Å². The largest absolute Gasteiger partial charge is 0.392 e. The van der Waals surface area contributed by atoms with E-state index in [4.69, 9.17) is 18.0 Å². The van der Waals surface area contributed by atoms with Gasteiger partial charge in [-0.25, -0.2) is 0 Å². The van der Waals surface area contributed by atoms with Gasteiger partial charge in [0.1, 0.15) is 0 Å². The summed E-state index contributed by atoms with van der Waals surface area (Å²) in [5.74, 6) is -0.0706. The fourth-order valence-corrected chi connectivity index (χ4v) is 3.40. The van der Waals surface area contributed by atoms with Crippen LogP contribution in [0, 0.1) is 5.41 Å². The molecule has 1 aromatic carbocycles. The Hall–Kier alpha value is -0.940. The Morgan fingerprint density at radius 3 is 2.35 bits per heavy atom. The third kappa shape index (κ3) is 3.20. The predicted molar refractivity (Wildman–Crippen MR) is 89.7 cm³/mol. The Labute approximate surface area is 133 Å². The van der Waals surface area contributed by atoms with E-state index in [2.05, 4.69) is 21.2 Å². The number of halogens is 1. The maximum Gasteiger partial charge on any atom is 0.237 e. The SMILES string of the molecule is NC(=S)C1(C(=O)Nc2ccccc2Br)CCCCCC1. The van der Waals surface area contributed by atoms with Crippen molar-refractivity contribution in [3.8, 4) is 0 Å². The molecule has 108 valence electrons. The molecule has 1 aromatic rings. The lowest BCUT2D eigenvalue weighted by molar-refractivity contribution is -0.122. The molecule has 0 heterocycles. The number of hydrogen-bond acceptors (Lipinski definition) is 2. The molecule has 1 aliphatic carbocycles. The molecule has 3 N–H and O–H groups in total. The van der Waals surface area contributed by atoms with Gasteiger partial charge in [-0.05, 0) is 40.9 Å². The molecule has 0 atom stereocenters. The fourth-order valence-electron chi connectivity index (χ4n) is 2.72. The highest BCUT2D eigenvalue weighted by Gasteiger charge is 2.41. The highest BCUT2D eigenvalue weighted by Crippen LogP contribution is 2.37. The fraction of sp³-hybridized carbons (Fsp3) is 0.467. The Balaban J connectivity index is 2.23. The van der Waals surface area contributed by atoms with E-state index in [1.807, 2.05) is 24.3 Å². The lowest BCUT2D eigenvalue weighted by Gasteiger charge is -2.30. The maximum absolute atomic E-state index is 12.7. The van der Waals surface area contributed by atoms with Crippen molar-refractivity contribution in [1.82, 2.24) is 0 Å². The second kappa shape index (κ2) is 6.68. The maximum atomic E-state index is 12.7. The first kappa shape index (κ1) is 15.4. The second-order valence-corrected chi connectivity index (χ2v) is 6.59. The molecule has 1 fully saturated rings. The van der Waals surface area contributed by atoms with Crippen LogP contribution < -0.4 is 11.1 Å². The number of hydrogen-bond donors (Lipinski definition) is 2. The molecule has 0 bridgehead atoms. The number of anilines is 1. The highest BCUT2D eigenvalue weighted by atomic mass is 79.9. The third-order valence-electron chi connectivity index (χ3n) is 3.99. The van der Waals surface area contributed by atoms with Crippen LogP contribution in [0.4, 0.5) is 5.69 Å². The molecular weight excluding hydrogens is 336 g/mol. The summed E-state index contributed by atoms with van der Waals surface area (Å²) in [6.45, 7) is 0. The molecule has 20 heavy (non-hydrogen) atoms. The number of thiocarbonyl (C=S) groups is 1. The van der Waals surface area contributed by atoms with Crippen LogP contribution in [0.1, 0.15) is 38.5 Å². The Bertz CT molecular complexity index is 510. The van der Waals surface area contributed by atoms with E-state index >= 15 is 0 Å². The third-order valence-corrected chi connectivity index (χ3v) is 5.07. The number of nitrogens with two attached hydrogens (primary N) is 1. The Morgan fingerprint density at radius 2 is 1.80 bits per heavy atom. The Morgan fingerprint density at radius 1 is 1.20 bits per heavy atom. The van der Waals surface area contributed by atoms with E-state index in [1.54, 1.807) is 0 Å². The number of amides is 1. The zero-order chi connectivity index (χ0) is 14.6. The van der Waals surface area contributed by atoms with Crippen LogP contribution in [-0.4, -0.2) is 10.9 Å². The molecule has 2 rings (SSSR count). The predicted octanol–water partition coefficient (Wildman–Crippen LogP) is 4.01. The van der Waals surface area contributed by atoms with E-state index < -0.39 is 5.41 Å². The van der Waals surface area contributed by atoms with Crippen LogP contribution in [0.3, 0.4) is 0 Å². The van der Waals surface area contributed by atoms with E-state index in [9.17, 15) is 4.79 Å². The molecule has 0 aromatic heterocycles. The summed E-state index contributed by atoms with van der Waals surface area (Å²) in [5, 5.41) is 2.98. The van der Waals surface area contributed by atoms with Gasteiger partial charge in [0, 0.05) is 4.47 Å². The minimum atomic E-state index is -0.693. The van der Waals surface area contributed by atoms with Gasteiger partial charge in [-0.3, -0.25) is 4.79 Å². The smallest absolute Gasteiger partial charge is 0.237 e. The van der Waals surface area contributed by atoms with Crippen LogP contribution in [-0.2, 0) is 4.79 Å². The summed E-state index contributed by atoms with van der Waals surface area (Å²) in [6, 6.07) is 7.57. The number of rotatable bonds is 3. The summed E-state index contributed by atoms with van der Waals surface area (Å²) in [7, 11) is 0. The van der Waals surface area contributed by atoms with E-state index in [1.165, 1.54) is 0 Å². The van der Waals surface area contributed by atoms with Gasteiger partial charge >= 0.3 is 0 Å². The lowest BCUT2D eigenvalue weighted by Crippen LogP contribution is -2.45. The van der Waals surface area contributed by atoms with E-state index in [0.29, 0.717) is 4.99 Å². The minimum Gasteiger partial charge on any atom is -0.392 e. The normalized spacial score (nSPS) is 18.1. The van der Waals surface area contributed by atoms with Crippen molar-refractivity contribution in [3.63, 3.8) is 0 Å². The van der Waals surface area contributed by atoms with Crippen LogP contribution >= 0.6 is 28.1 Å². The van der Waals surface area contributed by atoms with E-state index in [-0.39, 0.29) is 5.91 Å². The topological polar surface area (TPSA) is 55.1 Å². The first-order valence-electron chi connectivity index (χ1n) is 6.92. The van der Waals surface area contributed by atoms with E-state index in [0.717, 1.165) is 48.7 Å². The molecule has 0 aliphatic heterocycles. The molecule has 0 saturated heterocycles. The molecular formula is C15H19BrN2OS. The first-order chi connectivity index (χ1) is 9.56. The number of carbonyl (C=O) groups excluding carboxylic acids is 1. The molecule has 0 unspecified atom stereocenters. The average molecular weight is 355 g/mol. The molecule has 1 saturated carbocycles. The summed E-state index contributed by atoms with van der Waals surface area (Å²) in [5.41, 5.74) is 5.99. The highest BCUT2D eigenvalue weighted by molar-refractivity contribution is 9.10. The monoisotopic (exact) mass is 354 g/mol. The van der Waals surface area contributed by atoms with Gasteiger partial charge in [-0.1, -0.05) is 50.0 Å². The summed E-state index contributed by atoms with van der Waals surface area (Å²) in [6.07, 6.45) is 5.79. The molecule has 0 radical (unpaired) electrons. The van der Waals surface area contributed by atoms with Gasteiger partial charge in [0.05, 0.1) is 16.1 Å². The summed E-state index contributed by atoms with van der Waals surface area (Å²) < 4.78 is 0.861. The van der Waals surface area contributed by atoms with Crippen LogP contribution in [0.2, 0.25) is 0 Å². The van der Waals surface area contributed by atoms with Crippen molar-refractivity contribution >= 4 is 44.7 Å². The standard InChI is InChI=1S/C15H19BrN2OS/c16-11-7-3-4-8-12(11)18-14(19)15(13(17)20)9-5-1-2-6-10-15/h3-4,7-8H,1-2,5-6,9-10H2,(H2,17,20)(H,18,19). The van der Waals surface area contributed by atoms with Crippen molar-refractivity contribution in [2.45, 2.75) is 38.5 Å². The lowest BCUT2D eigenvalue weighted by atomic mass is 9.79. The zero-order valence-electron chi connectivity index (χ0n) is 11.3. The molecule has 1 amide bonds. The van der Waals surface area contributed by atoms with Crippen LogP contribution in [0.5, 0.6) is 0 Å². The van der Waals surface area contributed by atoms with Crippen molar-refractivity contribution in [1.29, 1.82) is 0 Å². The first-order valence-corrected chi connectivity index (χ1v) is 8.12. The van der Waals surface area contributed by atoms with Crippen molar-refractivity contribution in [2.24, 2.45) is 11.1 Å². The number of carbonyl (C=O) groups is 1. The second-order valence-electron chi connectivity index (χ2n) is 5.29. The summed E-state index contributed by atoms with van der Waals surface area (Å²) >= 11 is 8.66. The van der Waals surface area contributed by atoms with Crippen molar-refractivity contribution in [3.05, 3.63) is 28.7 Å². The zero-order valence-corrected chi connectivity index (χ0v) is 13.7. The van der Waals surface area contributed by atoms with Gasteiger partial charge in [0.2, 0.25) is 5.91 Å². The summed E-state index contributed by atoms with van der Waals surface area (Å²) in [4.78, 5) is 13.1. The molecule has 0 spiro atoms. The Kier molecular flexibility index (Phi) is 5.16. The van der Waals surface area contributed by atoms with Crippen molar-refractivity contribution in [2.75, 3.05) is 5.32 Å². The quantitative estimate of drug-likeness (QED) is 0.636. The average Bonchev–Trinajstić information content (AvgIpc) is 2.68. The van der Waals surface area contributed by atoms with Gasteiger partial charge in [-0.2, -0.15) is 0 Å². The molecule has 3 nitrogen and oxygen atoms in total. The number of nitrogens with one attached hydrogen (secondary N) is 1. The van der Waals surface area contributed by atoms with Crippen LogP contribution in [0.15, 0.2) is 28.7 Å². The van der Waals surface area contributed by atoms with Crippen molar-refractivity contribution < 1.29 is 4.79 Å². The molecule has 5 heteroatoms. The van der Waals surface area contributed by atoms with Gasteiger partial charge in [-0.15, -0.1) is 0 Å². The van der Waals surface area contributed by atoms with Gasteiger partial charge < -0.3 is 11.1 Å². The van der Waals surface area contributed by atoms with Gasteiger partial charge in [0.15, 0.2) is 0 Å². The number of benzene rings is 1. The number of para-hydroxylation sites is 1.